The maximum absolute atomic E-state index is 12.6. The monoisotopic (exact) mass is 435 g/mol. The first-order valence-corrected chi connectivity index (χ1v) is 10.6. The Morgan fingerprint density at radius 2 is 2.03 bits per heavy atom. The third-order valence-corrected chi connectivity index (χ3v) is 6.21. The lowest BCUT2D eigenvalue weighted by Gasteiger charge is -2.28. The molecule has 0 radical (unpaired) electrons. The number of hydrogen-bond donors (Lipinski definition) is 1. The Balaban J connectivity index is 1.79. The number of anilines is 1. The Bertz CT molecular complexity index is 881. The number of thiocarbonyl (C=S) groups is 1. The van der Waals surface area contributed by atoms with Gasteiger partial charge in [-0.05, 0) is 43.4 Å². The minimum absolute atomic E-state index is 0.0255. The molecule has 0 aromatic heterocycles. The number of nitro benzene ring substituents is 1. The van der Waals surface area contributed by atoms with E-state index in [0.29, 0.717) is 26.9 Å². The van der Waals surface area contributed by atoms with Crippen LogP contribution in [0.15, 0.2) is 23.1 Å². The number of nitrogens with zero attached hydrogens (tertiary/aromatic N) is 3. The summed E-state index contributed by atoms with van der Waals surface area (Å²) in [6, 6.07) is 5.00. The zero-order valence-corrected chi connectivity index (χ0v) is 17.3. The standard InChI is InChI=1S/C19H21N3O5S2/c23-17(24)5-4-10-21-18(25)16(29-19(21)28)12-13-6-7-14(15(11-13)22(26)27)20-8-2-1-3-9-20/h6-7,11-12H,1-5,8-10H2,(H,23,24). The Morgan fingerprint density at radius 1 is 1.31 bits per heavy atom. The van der Waals surface area contributed by atoms with E-state index in [-0.39, 0.29) is 24.6 Å². The van der Waals surface area contributed by atoms with Crippen LogP contribution in [0.3, 0.4) is 0 Å². The summed E-state index contributed by atoms with van der Waals surface area (Å²) in [6.45, 7) is 1.84. The van der Waals surface area contributed by atoms with Crippen LogP contribution in [-0.2, 0) is 9.59 Å². The molecule has 1 amide bonds. The van der Waals surface area contributed by atoms with Crippen LogP contribution < -0.4 is 4.90 Å². The maximum atomic E-state index is 12.6. The molecule has 0 saturated carbocycles. The van der Waals surface area contributed by atoms with E-state index in [9.17, 15) is 19.7 Å². The summed E-state index contributed by atoms with van der Waals surface area (Å²) in [7, 11) is 0. The minimum atomic E-state index is -0.924. The first-order chi connectivity index (χ1) is 13.9. The summed E-state index contributed by atoms with van der Waals surface area (Å²) in [4.78, 5) is 38.3. The van der Waals surface area contributed by atoms with Crippen LogP contribution in [0.5, 0.6) is 0 Å². The van der Waals surface area contributed by atoms with Crippen molar-refractivity contribution >= 4 is 57.6 Å². The summed E-state index contributed by atoms with van der Waals surface area (Å²) in [5, 5.41) is 20.3. The number of carbonyl (C=O) groups excluding carboxylic acids is 1. The fraction of sp³-hybridized carbons (Fsp3) is 0.421. The van der Waals surface area contributed by atoms with Crippen molar-refractivity contribution in [2.75, 3.05) is 24.5 Å². The number of carboxylic acid groups (broad SMARTS) is 1. The van der Waals surface area contributed by atoms with Crippen LogP contribution in [0.25, 0.3) is 6.08 Å². The van der Waals surface area contributed by atoms with Crippen LogP contribution in [0.2, 0.25) is 0 Å². The van der Waals surface area contributed by atoms with Crippen LogP contribution in [0, 0.1) is 10.1 Å². The first-order valence-electron chi connectivity index (χ1n) is 9.37. The molecule has 2 heterocycles. The topological polar surface area (TPSA) is 104 Å². The fourth-order valence-corrected chi connectivity index (χ4v) is 4.72. The summed E-state index contributed by atoms with van der Waals surface area (Å²) in [5.74, 6) is -1.22. The molecule has 2 aliphatic heterocycles. The van der Waals surface area contributed by atoms with Gasteiger partial charge in [0.1, 0.15) is 10.0 Å². The summed E-state index contributed by atoms with van der Waals surface area (Å²) < 4.78 is 0.367. The number of piperidine rings is 1. The number of amides is 1. The van der Waals surface area contributed by atoms with Crippen LogP contribution >= 0.6 is 24.0 Å². The maximum Gasteiger partial charge on any atom is 0.303 e. The molecule has 1 aromatic rings. The van der Waals surface area contributed by atoms with E-state index in [1.54, 1.807) is 18.2 Å². The zero-order valence-electron chi connectivity index (χ0n) is 15.7. The molecule has 1 N–H and O–H groups in total. The first kappa shape index (κ1) is 21.3. The van der Waals surface area contributed by atoms with Gasteiger partial charge in [-0.25, -0.2) is 0 Å². The van der Waals surface area contributed by atoms with Crippen LogP contribution in [0.4, 0.5) is 11.4 Å². The number of thioether (sulfide) groups is 1. The van der Waals surface area contributed by atoms with E-state index in [0.717, 1.165) is 44.1 Å². The Morgan fingerprint density at radius 3 is 2.69 bits per heavy atom. The largest absolute Gasteiger partial charge is 0.481 e. The smallest absolute Gasteiger partial charge is 0.303 e. The van der Waals surface area contributed by atoms with Gasteiger partial charge in [0, 0.05) is 32.1 Å². The van der Waals surface area contributed by atoms with Crippen molar-refractivity contribution in [3.8, 4) is 0 Å². The summed E-state index contributed by atoms with van der Waals surface area (Å²) in [5.41, 5.74) is 1.19. The Kier molecular flexibility index (Phi) is 6.86. The van der Waals surface area contributed by atoms with Crippen molar-refractivity contribution < 1.29 is 19.6 Å². The number of carbonyl (C=O) groups is 2. The summed E-state index contributed by atoms with van der Waals surface area (Å²) in [6.07, 6.45) is 5.04. The van der Waals surface area contributed by atoms with Gasteiger partial charge in [-0.3, -0.25) is 24.6 Å². The molecule has 8 nitrogen and oxygen atoms in total. The van der Waals surface area contributed by atoms with Gasteiger partial charge < -0.3 is 10.0 Å². The quantitative estimate of drug-likeness (QED) is 0.300. The van der Waals surface area contributed by atoms with Crippen LogP contribution in [0.1, 0.15) is 37.7 Å². The second-order valence-electron chi connectivity index (χ2n) is 6.88. The predicted octanol–water partition coefficient (Wildman–Crippen LogP) is 3.65. The molecule has 0 bridgehead atoms. The molecule has 2 fully saturated rings. The van der Waals surface area contributed by atoms with E-state index in [2.05, 4.69) is 0 Å². The Labute approximate surface area is 177 Å². The molecule has 2 aliphatic rings. The average Bonchev–Trinajstić information content (AvgIpc) is 2.95. The van der Waals surface area contributed by atoms with E-state index >= 15 is 0 Å². The van der Waals surface area contributed by atoms with Gasteiger partial charge in [-0.1, -0.05) is 30.0 Å². The van der Waals surface area contributed by atoms with Gasteiger partial charge in [-0.15, -0.1) is 0 Å². The average molecular weight is 436 g/mol. The minimum Gasteiger partial charge on any atom is -0.481 e. The third kappa shape index (κ3) is 5.13. The van der Waals surface area contributed by atoms with E-state index in [4.69, 9.17) is 17.3 Å². The van der Waals surface area contributed by atoms with E-state index < -0.39 is 10.9 Å². The highest BCUT2D eigenvalue weighted by Crippen LogP contribution is 2.35. The lowest BCUT2D eigenvalue weighted by Crippen LogP contribution is -2.30. The van der Waals surface area contributed by atoms with Gasteiger partial charge in [0.15, 0.2) is 0 Å². The van der Waals surface area contributed by atoms with Gasteiger partial charge >= 0.3 is 5.97 Å². The van der Waals surface area contributed by atoms with Crippen LogP contribution in [-0.4, -0.2) is 50.8 Å². The highest BCUT2D eigenvalue weighted by molar-refractivity contribution is 8.26. The Hall–Kier alpha value is -2.46. The molecule has 3 rings (SSSR count). The molecule has 0 unspecified atom stereocenters. The van der Waals surface area contributed by atoms with Crippen molar-refractivity contribution in [1.29, 1.82) is 0 Å². The van der Waals surface area contributed by atoms with Gasteiger partial charge in [-0.2, -0.15) is 0 Å². The number of rotatable bonds is 7. The number of aliphatic carboxylic acids is 1. The molecule has 1 aromatic carbocycles. The number of hydrogen-bond acceptors (Lipinski definition) is 7. The molecule has 0 atom stereocenters. The second kappa shape index (κ2) is 9.36. The van der Waals surface area contributed by atoms with Gasteiger partial charge in [0.05, 0.1) is 9.83 Å². The van der Waals surface area contributed by atoms with Crippen molar-refractivity contribution in [3.63, 3.8) is 0 Å². The predicted molar refractivity (Wildman–Crippen MR) is 116 cm³/mol. The lowest BCUT2D eigenvalue weighted by atomic mass is 10.1. The number of carboxylic acids is 1. The molecule has 154 valence electrons. The fourth-order valence-electron chi connectivity index (χ4n) is 3.41. The van der Waals surface area contributed by atoms with Gasteiger partial charge in [0.25, 0.3) is 11.6 Å². The highest BCUT2D eigenvalue weighted by atomic mass is 32.2. The van der Waals surface area contributed by atoms with Crippen molar-refractivity contribution in [1.82, 2.24) is 4.90 Å². The van der Waals surface area contributed by atoms with Crippen molar-refractivity contribution in [2.45, 2.75) is 32.1 Å². The molecule has 29 heavy (non-hydrogen) atoms. The van der Waals surface area contributed by atoms with Crippen molar-refractivity contribution in [3.05, 3.63) is 38.8 Å². The van der Waals surface area contributed by atoms with E-state index in [1.807, 2.05) is 4.90 Å². The van der Waals surface area contributed by atoms with Gasteiger partial charge in [0.2, 0.25) is 0 Å². The summed E-state index contributed by atoms with van der Waals surface area (Å²) >= 11 is 6.35. The molecular weight excluding hydrogens is 414 g/mol. The number of benzene rings is 1. The third-order valence-electron chi connectivity index (χ3n) is 4.84. The molecular formula is C19H21N3O5S2. The molecule has 0 spiro atoms. The SMILES string of the molecule is O=C(O)CCCN1C(=O)C(=Cc2ccc(N3CCCCC3)c([N+](=O)[O-])c2)SC1=S. The zero-order chi connectivity index (χ0) is 21.0. The number of nitro groups is 1. The normalized spacial score (nSPS) is 18.6. The molecule has 0 aliphatic carbocycles. The lowest BCUT2D eigenvalue weighted by molar-refractivity contribution is -0.384. The molecule has 10 heteroatoms. The molecule has 2 saturated heterocycles. The van der Waals surface area contributed by atoms with E-state index in [1.165, 1.54) is 11.0 Å². The highest BCUT2D eigenvalue weighted by Gasteiger charge is 2.32. The second-order valence-corrected chi connectivity index (χ2v) is 8.56. The van der Waals surface area contributed by atoms with Crippen molar-refractivity contribution in [2.24, 2.45) is 0 Å².